The van der Waals surface area contributed by atoms with Crippen LogP contribution in [0.3, 0.4) is 0 Å². The molecular formula is C15H21F2NO2S. The van der Waals surface area contributed by atoms with E-state index in [0.29, 0.717) is 19.0 Å². The zero-order valence-electron chi connectivity index (χ0n) is 12.6. The first-order valence-electron chi connectivity index (χ1n) is 7.10. The van der Waals surface area contributed by atoms with Gasteiger partial charge in [-0.3, -0.25) is 4.79 Å². The van der Waals surface area contributed by atoms with Gasteiger partial charge in [0.05, 0.1) is 0 Å². The Balaban J connectivity index is 2.11. The topological polar surface area (TPSA) is 29.5 Å². The highest BCUT2D eigenvalue weighted by atomic mass is 32.1. The number of rotatable bonds is 3. The molecule has 1 saturated heterocycles. The van der Waals surface area contributed by atoms with Crippen molar-refractivity contribution in [2.75, 3.05) is 13.1 Å². The molecule has 0 bridgehead atoms. The molecular weight excluding hydrogens is 296 g/mol. The minimum atomic E-state index is -2.91. The minimum absolute atomic E-state index is 0.0158. The molecule has 2 rings (SSSR count). The highest BCUT2D eigenvalue weighted by Crippen LogP contribution is 2.35. The van der Waals surface area contributed by atoms with E-state index in [1.165, 1.54) is 6.07 Å². The molecule has 0 N–H and O–H groups in total. The summed E-state index contributed by atoms with van der Waals surface area (Å²) in [7, 11) is 0. The maximum absolute atomic E-state index is 12.5. The quantitative estimate of drug-likeness (QED) is 0.834. The standard InChI is InChI=1S/C15H21F2NO2S/c1-15(2,3)10-5-4-7-18(9-10)13(19)12-11(6-8-21-12)20-14(16)17/h6,8,10,14H,4-5,7,9H2,1-3H3/t10-/m1/s1. The van der Waals surface area contributed by atoms with Gasteiger partial charge >= 0.3 is 6.61 Å². The largest absolute Gasteiger partial charge is 0.433 e. The molecule has 0 unspecified atom stereocenters. The second-order valence-electron chi connectivity index (χ2n) is 6.45. The Bertz CT molecular complexity index is 496. The van der Waals surface area contributed by atoms with Crippen LogP contribution in [0.2, 0.25) is 0 Å². The van der Waals surface area contributed by atoms with Crippen LogP contribution in [0.4, 0.5) is 8.78 Å². The molecule has 1 aromatic heterocycles. The molecule has 0 spiro atoms. The second kappa shape index (κ2) is 6.30. The maximum Gasteiger partial charge on any atom is 0.387 e. The van der Waals surface area contributed by atoms with Crippen LogP contribution in [-0.2, 0) is 0 Å². The van der Waals surface area contributed by atoms with Crippen LogP contribution in [0.15, 0.2) is 11.4 Å². The second-order valence-corrected chi connectivity index (χ2v) is 7.36. The zero-order chi connectivity index (χ0) is 15.6. The van der Waals surface area contributed by atoms with E-state index in [2.05, 4.69) is 25.5 Å². The number of halogens is 2. The molecule has 1 aliphatic rings. The fraction of sp³-hybridized carbons (Fsp3) is 0.667. The Hall–Kier alpha value is -1.17. The number of thiophene rings is 1. The van der Waals surface area contributed by atoms with Gasteiger partial charge in [0, 0.05) is 13.1 Å². The summed E-state index contributed by atoms with van der Waals surface area (Å²) >= 11 is 1.15. The van der Waals surface area contributed by atoms with Crippen molar-refractivity contribution < 1.29 is 18.3 Å². The minimum Gasteiger partial charge on any atom is -0.433 e. The van der Waals surface area contributed by atoms with E-state index in [-0.39, 0.29) is 21.9 Å². The predicted molar refractivity (Wildman–Crippen MR) is 79.0 cm³/mol. The molecule has 6 heteroatoms. The molecule has 1 aromatic rings. The highest BCUT2D eigenvalue weighted by Gasteiger charge is 2.33. The lowest BCUT2D eigenvalue weighted by Gasteiger charge is -2.39. The fourth-order valence-corrected chi connectivity index (χ4v) is 3.44. The van der Waals surface area contributed by atoms with Gasteiger partial charge in [-0.2, -0.15) is 8.78 Å². The molecule has 118 valence electrons. The number of nitrogens with zero attached hydrogens (tertiary/aromatic N) is 1. The van der Waals surface area contributed by atoms with Crippen molar-refractivity contribution in [3.63, 3.8) is 0 Å². The Kier molecular flexibility index (Phi) is 4.86. The van der Waals surface area contributed by atoms with E-state index in [1.807, 2.05) is 0 Å². The number of piperidine rings is 1. The Labute approximate surface area is 127 Å². The van der Waals surface area contributed by atoms with Crippen molar-refractivity contribution in [1.82, 2.24) is 4.90 Å². The smallest absolute Gasteiger partial charge is 0.387 e. The van der Waals surface area contributed by atoms with E-state index in [9.17, 15) is 13.6 Å². The number of ether oxygens (including phenoxy) is 1. The Morgan fingerprint density at radius 1 is 1.48 bits per heavy atom. The van der Waals surface area contributed by atoms with E-state index < -0.39 is 6.61 Å². The monoisotopic (exact) mass is 317 g/mol. The summed E-state index contributed by atoms with van der Waals surface area (Å²) in [6.07, 6.45) is 2.04. The van der Waals surface area contributed by atoms with Crippen LogP contribution < -0.4 is 4.74 Å². The lowest BCUT2D eigenvalue weighted by atomic mass is 9.76. The Morgan fingerprint density at radius 3 is 2.81 bits per heavy atom. The lowest BCUT2D eigenvalue weighted by Crippen LogP contribution is -2.43. The molecule has 0 radical (unpaired) electrons. The third kappa shape index (κ3) is 3.93. The summed E-state index contributed by atoms with van der Waals surface area (Å²) in [6.45, 7) is 4.95. The number of likely N-dealkylation sites (tertiary alicyclic amines) is 1. The number of carbonyl (C=O) groups excluding carboxylic acids is 1. The Morgan fingerprint density at radius 2 is 2.19 bits per heavy atom. The zero-order valence-corrected chi connectivity index (χ0v) is 13.4. The van der Waals surface area contributed by atoms with Crippen molar-refractivity contribution in [3.05, 3.63) is 16.3 Å². The summed E-state index contributed by atoms with van der Waals surface area (Å²) < 4.78 is 29.1. The first-order valence-corrected chi connectivity index (χ1v) is 7.98. The van der Waals surface area contributed by atoms with Crippen LogP contribution in [-0.4, -0.2) is 30.5 Å². The van der Waals surface area contributed by atoms with E-state index in [0.717, 1.165) is 24.2 Å². The molecule has 0 aromatic carbocycles. The SMILES string of the molecule is CC(C)(C)[C@@H]1CCCN(C(=O)c2sccc2OC(F)F)C1. The van der Waals surface area contributed by atoms with E-state index in [1.54, 1.807) is 10.3 Å². The van der Waals surface area contributed by atoms with Gasteiger partial charge in [-0.05, 0) is 35.6 Å². The van der Waals surface area contributed by atoms with Gasteiger partial charge in [-0.25, -0.2) is 0 Å². The first-order chi connectivity index (χ1) is 9.79. The molecule has 1 amide bonds. The summed E-state index contributed by atoms with van der Waals surface area (Å²) in [5, 5.41) is 1.61. The van der Waals surface area contributed by atoms with Crippen LogP contribution in [0.5, 0.6) is 5.75 Å². The van der Waals surface area contributed by atoms with Gasteiger partial charge in [-0.15, -0.1) is 11.3 Å². The number of alkyl halides is 2. The molecule has 0 aliphatic carbocycles. The maximum atomic E-state index is 12.5. The molecule has 2 heterocycles. The van der Waals surface area contributed by atoms with Crippen molar-refractivity contribution in [2.45, 2.75) is 40.2 Å². The molecule has 1 fully saturated rings. The lowest BCUT2D eigenvalue weighted by molar-refractivity contribution is -0.0499. The van der Waals surface area contributed by atoms with Gasteiger partial charge in [0.15, 0.2) is 0 Å². The van der Waals surface area contributed by atoms with Crippen LogP contribution >= 0.6 is 11.3 Å². The average Bonchev–Trinajstić information content (AvgIpc) is 2.84. The normalized spacial score (nSPS) is 19.9. The fourth-order valence-electron chi connectivity index (χ4n) is 2.65. The van der Waals surface area contributed by atoms with E-state index >= 15 is 0 Å². The van der Waals surface area contributed by atoms with Crippen molar-refractivity contribution in [3.8, 4) is 5.75 Å². The third-order valence-electron chi connectivity index (χ3n) is 3.97. The van der Waals surface area contributed by atoms with Crippen molar-refractivity contribution in [1.29, 1.82) is 0 Å². The van der Waals surface area contributed by atoms with Crippen molar-refractivity contribution in [2.24, 2.45) is 11.3 Å². The first kappa shape index (κ1) is 16.2. The average molecular weight is 317 g/mol. The van der Waals surface area contributed by atoms with Crippen LogP contribution in [0.1, 0.15) is 43.3 Å². The van der Waals surface area contributed by atoms with Gasteiger partial charge < -0.3 is 9.64 Å². The molecule has 0 saturated carbocycles. The molecule has 1 aliphatic heterocycles. The number of carbonyl (C=O) groups is 1. The van der Waals surface area contributed by atoms with Gasteiger partial charge in [0.25, 0.3) is 5.91 Å². The summed E-state index contributed by atoms with van der Waals surface area (Å²) in [4.78, 5) is 14.6. The van der Waals surface area contributed by atoms with Crippen molar-refractivity contribution >= 4 is 17.2 Å². The summed E-state index contributed by atoms with van der Waals surface area (Å²) in [5.74, 6) is 0.210. The summed E-state index contributed by atoms with van der Waals surface area (Å²) in [5.41, 5.74) is 0.136. The summed E-state index contributed by atoms with van der Waals surface area (Å²) in [6, 6.07) is 1.43. The number of hydrogen-bond acceptors (Lipinski definition) is 3. The predicted octanol–water partition coefficient (Wildman–Crippen LogP) is 4.25. The van der Waals surface area contributed by atoms with Crippen LogP contribution in [0.25, 0.3) is 0 Å². The highest BCUT2D eigenvalue weighted by molar-refractivity contribution is 7.12. The third-order valence-corrected chi connectivity index (χ3v) is 4.86. The molecule has 21 heavy (non-hydrogen) atoms. The molecule has 3 nitrogen and oxygen atoms in total. The van der Waals surface area contributed by atoms with Crippen LogP contribution in [0, 0.1) is 11.3 Å². The van der Waals surface area contributed by atoms with Gasteiger partial charge in [0.2, 0.25) is 0 Å². The number of hydrogen-bond donors (Lipinski definition) is 0. The van der Waals surface area contributed by atoms with Gasteiger partial charge in [0.1, 0.15) is 10.6 Å². The van der Waals surface area contributed by atoms with E-state index in [4.69, 9.17) is 0 Å². The number of amides is 1. The van der Waals surface area contributed by atoms with Gasteiger partial charge in [-0.1, -0.05) is 20.8 Å². The molecule has 1 atom stereocenters.